The predicted molar refractivity (Wildman–Crippen MR) is 89.1 cm³/mol. The summed E-state index contributed by atoms with van der Waals surface area (Å²) in [4.78, 5) is 14.9. The minimum atomic E-state index is -0.207. The number of aliphatic hydroxyl groups excluding tert-OH is 1. The van der Waals surface area contributed by atoms with Crippen LogP contribution in [0.2, 0.25) is 0 Å². The van der Waals surface area contributed by atoms with Gasteiger partial charge < -0.3 is 10.4 Å². The molecule has 3 atom stereocenters. The molecule has 1 saturated carbocycles. The summed E-state index contributed by atoms with van der Waals surface area (Å²) >= 11 is 1.78. The van der Waals surface area contributed by atoms with Crippen molar-refractivity contribution in [3.05, 3.63) is 57.8 Å². The van der Waals surface area contributed by atoms with Crippen molar-refractivity contribution in [1.82, 2.24) is 5.32 Å². The van der Waals surface area contributed by atoms with Gasteiger partial charge in [-0.15, -0.1) is 11.3 Å². The van der Waals surface area contributed by atoms with Crippen molar-refractivity contribution in [3.8, 4) is 0 Å². The smallest absolute Gasteiger partial charge is 0.224 e. The van der Waals surface area contributed by atoms with Crippen molar-refractivity contribution in [2.24, 2.45) is 5.92 Å². The molecule has 1 fully saturated rings. The molecule has 0 spiro atoms. The van der Waals surface area contributed by atoms with Crippen LogP contribution in [0, 0.1) is 12.8 Å². The Hall–Kier alpha value is -1.65. The summed E-state index contributed by atoms with van der Waals surface area (Å²) in [5.74, 6) is 0.517. The summed E-state index contributed by atoms with van der Waals surface area (Å²) in [6.45, 7) is 2.06. The topological polar surface area (TPSA) is 49.3 Å². The number of aryl methyl sites for hydroxylation is 1. The molecule has 1 aromatic heterocycles. The normalized spacial score (nSPS) is 21.4. The van der Waals surface area contributed by atoms with Gasteiger partial charge in [-0.3, -0.25) is 4.79 Å². The Morgan fingerprint density at radius 1 is 1.32 bits per heavy atom. The molecule has 1 aliphatic rings. The monoisotopic (exact) mass is 315 g/mol. The van der Waals surface area contributed by atoms with Crippen molar-refractivity contribution in [2.75, 3.05) is 6.61 Å². The molecule has 1 aromatic carbocycles. The van der Waals surface area contributed by atoms with Gasteiger partial charge in [0, 0.05) is 21.6 Å². The third kappa shape index (κ3) is 3.57. The van der Waals surface area contributed by atoms with Crippen molar-refractivity contribution in [3.63, 3.8) is 0 Å². The number of nitrogens with one attached hydrogen (secondary N) is 1. The first kappa shape index (κ1) is 15.3. The highest BCUT2D eigenvalue weighted by Crippen LogP contribution is 2.49. The molecule has 3 unspecified atom stereocenters. The predicted octanol–water partition coefficient (Wildman–Crippen LogP) is 2.88. The molecular weight excluding hydrogens is 294 g/mol. The molecule has 3 nitrogen and oxygen atoms in total. The van der Waals surface area contributed by atoms with E-state index in [0.29, 0.717) is 12.3 Å². The molecule has 0 saturated heterocycles. The van der Waals surface area contributed by atoms with E-state index in [9.17, 15) is 9.90 Å². The van der Waals surface area contributed by atoms with Gasteiger partial charge in [-0.1, -0.05) is 30.3 Å². The second-order valence-corrected chi connectivity index (χ2v) is 7.29. The summed E-state index contributed by atoms with van der Waals surface area (Å²) in [6.07, 6.45) is 1.59. The lowest BCUT2D eigenvalue weighted by molar-refractivity contribution is -0.123. The quantitative estimate of drug-likeness (QED) is 0.861. The molecule has 22 heavy (non-hydrogen) atoms. The van der Waals surface area contributed by atoms with E-state index in [1.165, 1.54) is 9.75 Å². The van der Waals surface area contributed by atoms with E-state index in [1.807, 2.05) is 30.3 Å². The molecule has 2 aromatic rings. The molecule has 116 valence electrons. The summed E-state index contributed by atoms with van der Waals surface area (Å²) in [5.41, 5.74) is 1.13. The molecule has 3 rings (SSSR count). The minimum absolute atomic E-state index is 0.0316. The van der Waals surface area contributed by atoms with E-state index >= 15 is 0 Å². The highest BCUT2D eigenvalue weighted by Gasteiger charge is 2.45. The average molecular weight is 315 g/mol. The summed E-state index contributed by atoms with van der Waals surface area (Å²) in [6, 6.07) is 14.0. The van der Waals surface area contributed by atoms with Crippen LogP contribution in [-0.4, -0.2) is 23.7 Å². The van der Waals surface area contributed by atoms with Crippen LogP contribution in [0.3, 0.4) is 0 Å². The Kier molecular flexibility index (Phi) is 4.60. The second-order valence-electron chi connectivity index (χ2n) is 5.97. The van der Waals surface area contributed by atoms with Crippen molar-refractivity contribution in [1.29, 1.82) is 0 Å². The van der Waals surface area contributed by atoms with Crippen LogP contribution in [0.15, 0.2) is 42.5 Å². The SMILES string of the molecule is Cc1ccc(C2CC2C(=O)NC(CO)Cc2ccccc2)s1. The number of hydrogen-bond acceptors (Lipinski definition) is 3. The van der Waals surface area contributed by atoms with Crippen LogP contribution in [0.5, 0.6) is 0 Å². The molecule has 1 aliphatic carbocycles. The van der Waals surface area contributed by atoms with Crippen LogP contribution >= 0.6 is 11.3 Å². The number of hydrogen-bond donors (Lipinski definition) is 2. The molecule has 4 heteroatoms. The molecule has 0 bridgehead atoms. The molecule has 0 radical (unpaired) electrons. The number of rotatable bonds is 6. The third-order valence-corrected chi connectivity index (χ3v) is 5.28. The Bertz CT molecular complexity index is 638. The van der Waals surface area contributed by atoms with Crippen molar-refractivity contribution in [2.45, 2.75) is 31.7 Å². The van der Waals surface area contributed by atoms with E-state index < -0.39 is 0 Å². The Balaban J connectivity index is 1.55. The number of carbonyl (C=O) groups excluding carboxylic acids is 1. The number of carbonyl (C=O) groups is 1. The van der Waals surface area contributed by atoms with Gasteiger partial charge in [0.05, 0.1) is 12.6 Å². The first-order valence-electron chi connectivity index (χ1n) is 7.69. The highest BCUT2D eigenvalue weighted by atomic mass is 32.1. The van der Waals surface area contributed by atoms with E-state index in [4.69, 9.17) is 0 Å². The van der Waals surface area contributed by atoms with E-state index in [2.05, 4.69) is 24.4 Å². The fraction of sp³-hybridized carbons (Fsp3) is 0.389. The van der Waals surface area contributed by atoms with Crippen LogP contribution in [0.25, 0.3) is 0 Å². The standard InChI is InChI=1S/C18H21NO2S/c1-12-7-8-17(22-12)15-10-16(15)18(21)19-14(11-20)9-13-5-3-2-4-6-13/h2-8,14-16,20H,9-11H2,1H3,(H,19,21). The van der Waals surface area contributed by atoms with Crippen molar-refractivity contribution < 1.29 is 9.90 Å². The summed E-state index contributed by atoms with van der Waals surface area (Å²) in [5, 5.41) is 12.5. The van der Waals surface area contributed by atoms with Gasteiger partial charge in [-0.2, -0.15) is 0 Å². The Morgan fingerprint density at radius 3 is 2.73 bits per heavy atom. The van der Waals surface area contributed by atoms with Crippen molar-refractivity contribution >= 4 is 17.2 Å². The largest absolute Gasteiger partial charge is 0.394 e. The fourth-order valence-electron chi connectivity index (χ4n) is 2.82. The van der Waals surface area contributed by atoms with Crippen LogP contribution < -0.4 is 5.32 Å². The first-order chi connectivity index (χ1) is 10.7. The number of thiophene rings is 1. The van der Waals surface area contributed by atoms with Gasteiger partial charge in [0.2, 0.25) is 5.91 Å². The van der Waals surface area contributed by atoms with Crippen LogP contribution in [-0.2, 0) is 11.2 Å². The Labute approximate surface area is 135 Å². The van der Waals surface area contributed by atoms with E-state index in [-0.39, 0.29) is 24.5 Å². The third-order valence-electron chi connectivity index (χ3n) is 4.15. The first-order valence-corrected chi connectivity index (χ1v) is 8.50. The zero-order valence-corrected chi connectivity index (χ0v) is 13.5. The second kappa shape index (κ2) is 6.63. The fourth-order valence-corrected chi connectivity index (χ4v) is 3.88. The molecule has 1 heterocycles. The van der Waals surface area contributed by atoms with Crippen LogP contribution in [0.4, 0.5) is 0 Å². The molecular formula is C18H21NO2S. The van der Waals surface area contributed by atoms with Gasteiger partial charge in [0.15, 0.2) is 0 Å². The number of aliphatic hydroxyl groups is 1. The molecule has 2 N–H and O–H groups in total. The van der Waals surface area contributed by atoms with Gasteiger partial charge in [0.1, 0.15) is 0 Å². The van der Waals surface area contributed by atoms with E-state index in [0.717, 1.165) is 12.0 Å². The van der Waals surface area contributed by atoms with E-state index in [1.54, 1.807) is 11.3 Å². The maximum absolute atomic E-state index is 12.3. The maximum Gasteiger partial charge on any atom is 0.224 e. The van der Waals surface area contributed by atoms with Gasteiger partial charge in [0.25, 0.3) is 0 Å². The Morgan fingerprint density at radius 2 is 2.09 bits per heavy atom. The number of amides is 1. The minimum Gasteiger partial charge on any atom is -0.394 e. The molecule has 1 amide bonds. The zero-order valence-electron chi connectivity index (χ0n) is 12.7. The van der Waals surface area contributed by atoms with Crippen LogP contribution in [0.1, 0.15) is 27.7 Å². The lowest BCUT2D eigenvalue weighted by atomic mass is 10.1. The highest BCUT2D eigenvalue weighted by molar-refractivity contribution is 7.12. The van der Waals surface area contributed by atoms with Gasteiger partial charge >= 0.3 is 0 Å². The lowest BCUT2D eigenvalue weighted by Gasteiger charge is -2.16. The average Bonchev–Trinajstić information content (AvgIpc) is 3.22. The van der Waals surface area contributed by atoms with Gasteiger partial charge in [-0.25, -0.2) is 0 Å². The molecule has 0 aliphatic heterocycles. The summed E-state index contributed by atoms with van der Waals surface area (Å²) in [7, 11) is 0. The lowest BCUT2D eigenvalue weighted by Crippen LogP contribution is -2.40. The summed E-state index contributed by atoms with van der Waals surface area (Å²) < 4.78 is 0. The number of benzene rings is 1. The maximum atomic E-state index is 12.3. The van der Waals surface area contributed by atoms with Gasteiger partial charge in [-0.05, 0) is 37.5 Å². The zero-order chi connectivity index (χ0) is 15.5.